The van der Waals surface area contributed by atoms with Gasteiger partial charge >= 0.3 is 12.2 Å². The van der Waals surface area contributed by atoms with Gasteiger partial charge in [0, 0.05) is 31.9 Å². The minimum absolute atomic E-state index is 0.112. The Hall–Kier alpha value is -6.39. The largest absolute Gasteiger partial charge is 0.453 e. The monoisotopic (exact) mass is 921 g/mol. The SMILES string of the molecule is CCN(CC)c1ccc(N2C(c3ccc4nc(C5CCCN5C(=O)C(NC(=O)OC)C(C)C)[nH]c4c3)CCC2c2ccc3nc(C4CCCN4C(=O)C(NC(=O)OC)C(C)C)[nH]c3c2)cc1F. The Labute approximate surface area is 391 Å². The number of imidazole rings is 2. The summed E-state index contributed by atoms with van der Waals surface area (Å²) >= 11 is 0. The average Bonchev–Trinajstić information content (AvgIpc) is 4.18. The van der Waals surface area contributed by atoms with Gasteiger partial charge in [0.05, 0.1) is 66.1 Å². The van der Waals surface area contributed by atoms with Gasteiger partial charge in [0.1, 0.15) is 29.5 Å². The van der Waals surface area contributed by atoms with Gasteiger partial charge < -0.3 is 49.7 Å². The molecule has 6 unspecified atom stereocenters. The van der Waals surface area contributed by atoms with E-state index in [0.717, 1.165) is 77.4 Å². The maximum Gasteiger partial charge on any atom is 0.407 e. The van der Waals surface area contributed by atoms with Crippen LogP contribution in [0.15, 0.2) is 54.6 Å². The van der Waals surface area contributed by atoms with E-state index in [9.17, 15) is 19.2 Å². The number of methoxy groups -OCH3 is 2. The van der Waals surface area contributed by atoms with Crippen LogP contribution in [0.3, 0.4) is 0 Å². The normalized spacial score (nSPS) is 20.6. The quantitative estimate of drug-likeness (QED) is 0.0843. The maximum atomic E-state index is 16.2. The molecule has 6 atom stereocenters. The van der Waals surface area contributed by atoms with Crippen molar-refractivity contribution >= 4 is 57.4 Å². The molecule has 17 heteroatoms. The summed E-state index contributed by atoms with van der Waals surface area (Å²) in [5.41, 5.74) is 6.70. The molecule has 3 aliphatic rings. The van der Waals surface area contributed by atoms with Crippen LogP contribution >= 0.6 is 0 Å². The number of hydrogen-bond donors (Lipinski definition) is 4. The molecule has 0 spiro atoms. The van der Waals surface area contributed by atoms with E-state index < -0.39 is 24.3 Å². The van der Waals surface area contributed by atoms with Gasteiger partial charge in [-0.25, -0.2) is 23.9 Å². The zero-order chi connectivity index (χ0) is 47.7. The number of amides is 4. The number of likely N-dealkylation sites (tertiary alicyclic amines) is 2. The van der Waals surface area contributed by atoms with Crippen LogP contribution in [-0.2, 0) is 19.1 Å². The Balaban J connectivity index is 1.10. The van der Waals surface area contributed by atoms with Crippen LogP contribution in [0.4, 0.5) is 25.4 Å². The Morgan fingerprint density at radius 3 is 1.55 bits per heavy atom. The van der Waals surface area contributed by atoms with Gasteiger partial charge in [-0.1, -0.05) is 39.8 Å². The van der Waals surface area contributed by atoms with Crippen LogP contribution in [0.2, 0.25) is 0 Å². The second-order valence-electron chi connectivity index (χ2n) is 18.7. The number of nitrogens with one attached hydrogen (secondary N) is 4. The Kier molecular flexibility index (Phi) is 13.9. The molecular weight excluding hydrogens is 856 g/mol. The lowest BCUT2D eigenvalue weighted by atomic mass is 10.0. The highest BCUT2D eigenvalue weighted by atomic mass is 19.1. The zero-order valence-electron chi connectivity index (χ0n) is 39.9. The van der Waals surface area contributed by atoms with Gasteiger partial charge in [0.15, 0.2) is 0 Å². The van der Waals surface area contributed by atoms with Crippen molar-refractivity contribution in [1.29, 1.82) is 0 Å². The molecule has 4 N–H and O–H groups in total. The van der Waals surface area contributed by atoms with Crippen molar-refractivity contribution in [2.24, 2.45) is 11.8 Å². The number of ether oxygens (including phenoxy) is 2. The van der Waals surface area contributed by atoms with E-state index in [4.69, 9.17) is 19.4 Å². The third kappa shape index (κ3) is 9.33. The molecule has 67 heavy (non-hydrogen) atoms. The average molecular weight is 921 g/mol. The number of carbonyl (C=O) groups excluding carboxylic acids is 4. The fourth-order valence-electron chi connectivity index (χ4n) is 10.5. The third-order valence-corrected chi connectivity index (χ3v) is 14.0. The molecule has 0 bridgehead atoms. The van der Waals surface area contributed by atoms with Crippen molar-refractivity contribution in [3.05, 3.63) is 83.2 Å². The van der Waals surface area contributed by atoms with Gasteiger partial charge in [0.25, 0.3) is 0 Å². The molecule has 0 aliphatic carbocycles. The molecule has 3 fully saturated rings. The molecule has 3 saturated heterocycles. The fourth-order valence-corrected chi connectivity index (χ4v) is 10.5. The molecule has 358 valence electrons. The highest BCUT2D eigenvalue weighted by Crippen LogP contribution is 2.48. The molecule has 5 aromatic rings. The Morgan fingerprint density at radius 2 is 1.15 bits per heavy atom. The highest BCUT2D eigenvalue weighted by molar-refractivity contribution is 5.88. The molecule has 0 radical (unpaired) electrons. The van der Waals surface area contributed by atoms with Crippen LogP contribution in [0.5, 0.6) is 0 Å². The molecule has 4 amide bonds. The summed E-state index contributed by atoms with van der Waals surface area (Å²) in [6, 6.07) is 15.8. The number of aromatic amines is 2. The van der Waals surface area contributed by atoms with Crippen molar-refractivity contribution in [2.75, 3.05) is 50.2 Å². The minimum atomic E-state index is -0.735. The van der Waals surface area contributed by atoms with Crippen LogP contribution in [0.1, 0.15) is 127 Å². The van der Waals surface area contributed by atoms with Gasteiger partial charge in [-0.15, -0.1) is 0 Å². The molecular formula is C50H65FN10O6. The van der Waals surface area contributed by atoms with Crippen molar-refractivity contribution in [1.82, 2.24) is 40.4 Å². The van der Waals surface area contributed by atoms with E-state index in [1.54, 1.807) is 6.07 Å². The number of anilines is 2. The van der Waals surface area contributed by atoms with E-state index in [2.05, 4.69) is 49.8 Å². The molecule has 16 nitrogen and oxygen atoms in total. The molecule has 8 rings (SSSR count). The van der Waals surface area contributed by atoms with Gasteiger partial charge in [-0.05, 0) is 118 Å². The van der Waals surface area contributed by atoms with Crippen LogP contribution in [0, 0.1) is 17.7 Å². The third-order valence-electron chi connectivity index (χ3n) is 14.0. The summed E-state index contributed by atoms with van der Waals surface area (Å²) in [5, 5.41) is 5.45. The summed E-state index contributed by atoms with van der Waals surface area (Å²) in [5.74, 6) is 0.496. The van der Waals surface area contributed by atoms with E-state index in [1.165, 1.54) is 14.2 Å². The number of carbonyl (C=O) groups is 4. The number of fused-ring (bicyclic) bond motifs is 2. The molecule has 5 heterocycles. The minimum Gasteiger partial charge on any atom is -0.453 e. The molecule has 3 aliphatic heterocycles. The molecule has 0 saturated carbocycles. The number of aromatic nitrogens is 4. The standard InChI is InChI=1S/C50H65FN10O6/c1-9-58(10-2)40-20-17-32(27-33(40)51)61-38(30-15-18-34-36(25-30)54-45(52-34)41-13-11-23-59(41)47(62)43(28(3)4)56-49(64)66-7)21-22-39(61)31-16-19-35-37(26-31)55-46(53-35)42-14-12-24-60(42)48(63)44(29(5)6)57-50(65)67-8/h15-20,25-29,38-39,41-44H,9-14,21-24H2,1-8H3,(H,52,54)(H,53,55)(H,56,64)(H,57,65). The number of halogens is 1. The van der Waals surface area contributed by atoms with E-state index in [0.29, 0.717) is 43.5 Å². The van der Waals surface area contributed by atoms with Gasteiger partial charge in [0.2, 0.25) is 11.8 Å². The molecule has 3 aromatic carbocycles. The van der Waals surface area contributed by atoms with Crippen molar-refractivity contribution in [3.8, 4) is 0 Å². The molecule has 2 aromatic heterocycles. The first kappa shape index (κ1) is 47.1. The summed E-state index contributed by atoms with van der Waals surface area (Å²) in [6.45, 7) is 14.1. The van der Waals surface area contributed by atoms with Gasteiger partial charge in [-0.2, -0.15) is 0 Å². The number of hydrogen-bond acceptors (Lipinski definition) is 10. The Morgan fingerprint density at radius 1 is 0.687 bits per heavy atom. The maximum absolute atomic E-state index is 16.2. The summed E-state index contributed by atoms with van der Waals surface area (Å²) in [6.07, 6.45) is 3.40. The van der Waals surface area contributed by atoms with Crippen LogP contribution in [-0.4, -0.2) is 106 Å². The van der Waals surface area contributed by atoms with E-state index in [1.807, 2.05) is 80.5 Å². The zero-order valence-corrected chi connectivity index (χ0v) is 39.9. The van der Waals surface area contributed by atoms with E-state index >= 15 is 4.39 Å². The first-order valence-corrected chi connectivity index (χ1v) is 23.9. The smallest absolute Gasteiger partial charge is 0.407 e. The Bertz CT molecular complexity index is 2460. The summed E-state index contributed by atoms with van der Waals surface area (Å²) < 4.78 is 25.9. The first-order valence-electron chi connectivity index (χ1n) is 23.9. The second-order valence-corrected chi connectivity index (χ2v) is 18.7. The van der Waals surface area contributed by atoms with Crippen LogP contribution in [0.25, 0.3) is 22.1 Å². The summed E-state index contributed by atoms with van der Waals surface area (Å²) in [4.78, 5) is 77.2. The van der Waals surface area contributed by atoms with Crippen molar-refractivity contribution in [3.63, 3.8) is 0 Å². The van der Waals surface area contributed by atoms with E-state index in [-0.39, 0.29) is 53.6 Å². The lowest BCUT2D eigenvalue weighted by molar-refractivity contribution is -0.136. The summed E-state index contributed by atoms with van der Waals surface area (Å²) in [7, 11) is 2.57. The predicted molar refractivity (Wildman–Crippen MR) is 255 cm³/mol. The van der Waals surface area contributed by atoms with Crippen molar-refractivity contribution in [2.45, 2.75) is 116 Å². The number of rotatable bonds is 14. The number of H-pyrrole nitrogens is 2. The number of nitrogens with zero attached hydrogens (tertiary/aromatic N) is 6. The number of benzene rings is 3. The highest BCUT2D eigenvalue weighted by Gasteiger charge is 2.41. The second kappa shape index (κ2) is 19.8. The fraction of sp³-hybridized carbons (Fsp3) is 0.520. The van der Waals surface area contributed by atoms with Gasteiger partial charge in [-0.3, -0.25) is 9.59 Å². The predicted octanol–water partition coefficient (Wildman–Crippen LogP) is 8.60. The topological polar surface area (TPSA) is 181 Å². The lowest BCUT2D eigenvalue weighted by Crippen LogP contribution is -2.51. The first-order chi connectivity index (χ1) is 32.2. The lowest BCUT2D eigenvalue weighted by Gasteiger charge is -2.34. The number of alkyl carbamates (subject to hydrolysis) is 2. The van der Waals surface area contributed by atoms with Crippen LogP contribution < -0.4 is 20.4 Å². The van der Waals surface area contributed by atoms with Crippen molar-refractivity contribution < 1.29 is 33.0 Å².